The number of aromatic amines is 1. The van der Waals surface area contributed by atoms with E-state index in [2.05, 4.69) is 19.9 Å². The second-order valence-corrected chi connectivity index (χ2v) is 3.93. The molecular weight excluding hydrogens is 228 g/mol. The highest BCUT2D eigenvalue weighted by atomic mass is 16.1. The van der Waals surface area contributed by atoms with Gasteiger partial charge in [0.1, 0.15) is 0 Å². The van der Waals surface area contributed by atoms with Gasteiger partial charge in [-0.05, 0) is 18.2 Å². The van der Waals surface area contributed by atoms with Crippen LogP contribution in [-0.4, -0.2) is 25.7 Å². The van der Waals surface area contributed by atoms with Crippen LogP contribution in [0, 0.1) is 0 Å². The van der Waals surface area contributed by atoms with Crippen LogP contribution in [-0.2, 0) is 6.42 Å². The molecule has 0 atom stereocenters. The number of benzene rings is 1. The molecule has 5 heteroatoms. The van der Waals surface area contributed by atoms with E-state index in [1.54, 1.807) is 37.1 Å². The van der Waals surface area contributed by atoms with Crippen molar-refractivity contribution in [2.45, 2.75) is 6.42 Å². The molecule has 1 aromatic carbocycles. The fourth-order valence-corrected chi connectivity index (χ4v) is 1.80. The molecular formula is C13H10N4O. The summed E-state index contributed by atoms with van der Waals surface area (Å²) in [4.78, 5) is 27.2. The number of nitrogens with one attached hydrogen (secondary N) is 1. The highest BCUT2D eigenvalue weighted by Gasteiger charge is 2.09. The van der Waals surface area contributed by atoms with Crippen molar-refractivity contribution in [2.75, 3.05) is 0 Å². The van der Waals surface area contributed by atoms with Crippen LogP contribution >= 0.6 is 0 Å². The van der Waals surface area contributed by atoms with Gasteiger partial charge in [0.15, 0.2) is 5.78 Å². The fourth-order valence-electron chi connectivity index (χ4n) is 1.80. The van der Waals surface area contributed by atoms with Crippen molar-refractivity contribution in [3.63, 3.8) is 0 Å². The van der Waals surface area contributed by atoms with E-state index in [1.807, 2.05) is 6.07 Å². The Kier molecular flexibility index (Phi) is 2.57. The van der Waals surface area contributed by atoms with E-state index in [9.17, 15) is 4.79 Å². The van der Waals surface area contributed by atoms with Gasteiger partial charge in [-0.15, -0.1) is 0 Å². The number of fused-ring (bicyclic) bond motifs is 1. The molecule has 5 nitrogen and oxygen atoms in total. The van der Waals surface area contributed by atoms with Crippen molar-refractivity contribution in [1.82, 2.24) is 19.9 Å². The number of imidazole rings is 1. The maximum absolute atomic E-state index is 12.1. The van der Waals surface area contributed by atoms with Crippen molar-refractivity contribution >= 4 is 16.8 Å². The molecule has 0 fully saturated rings. The highest BCUT2D eigenvalue weighted by molar-refractivity contribution is 5.99. The van der Waals surface area contributed by atoms with E-state index in [0.717, 1.165) is 11.0 Å². The average Bonchev–Trinajstić information content (AvgIpc) is 2.87. The van der Waals surface area contributed by atoms with Crippen molar-refractivity contribution in [1.29, 1.82) is 0 Å². The van der Waals surface area contributed by atoms with Gasteiger partial charge >= 0.3 is 0 Å². The third kappa shape index (κ3) is 1.98. The summed E-state index contributed by atoms with van der Waals surface area (Å²) < 4.78 is 0. The normalized spacial score (nSPS) is 10.7. The summed E-state index contributed by atoms with van der Waals surface area (Å²) in [5, 5.41) is 0. The fraction of sp³-hybridized carbons (Fsp3) is 0.0769. The lowest BCUT2D eigenvalue weighted by atomic mass is 10.1. The predicted octanol–water partition coefficient (Wildman–Crippen LogP) is 1.78. The molecule has 0 bridgehead atoms. The Morgan fingerprint density at radius 3 is 3.00 bits per heavy atom. The van der Waals surface area contributed by atoms with Gasteiger partial charge in [-0.25, -0.2) is 4.98 Å². The van der Waals surface area contributed by atoms with Crippen LogP contribution in [0.2, 0.25) is 0 Å². The lowest BCUT2D eigenvalue weighted by molar-refractivity contribution is 0.0992. The first-order valence-corrected chi connectivity index (χ1v) is 5.54. The summed E-state index contributed by atoms with van der Waals surface area (Å²) in [5.74, 6) is 0.0204. The van der Waals surface area contributed by atoms with Gasteiger partial charge in [-0.1, -0.05) is 0 Å². The third-order valence-corrected chi connectivity index (χ3v) is 2.70. The Labute approximate surface area is 103 Å². The van der Waals surface area contributed by atoms with Gasteiger partial charge < -0.3 is 4.98 Å². The molecule has 3 aromatic rings. The Hall–Kier alpha value is -2.56. The van der Waals surface area contributed by atoms with Gasteiger partial charge in [-0.3, -0.25) is 14.8 Å². The molecule has 0 aliphatic heterocycles. The molecule has 0 aliphatic rings. The second kappa shape index (κ2) is 4.37. The number of carbonyl (C=O) groups excluding carboxylic acids is 1. The summed E-state index contributed by atoms with van der Waals surface area (Å²) in [5.41, 5.74) is 3.04. The van der Waals surface area contributed by atoms with E-state index in [-0.39, 0.29) is 12.2 Å². The molecule has 0 spiro atoms. The quantitative estimate of drug-likeness (QED) is 0.706. The molecule has 2 heterocycles. The van der Waals surface area contributed by atoms with Crippen LogP contribution in [0.3, 0.4) is 0 Å². The molecule has 3 rings (SSSR count). The standard InChI is InChI=1S/C13H10N4O/c18-13(6-10-7-14-3-4-15-10)9-1-2-11-12(5-9)17-8-16-11/h1-5,7-8H,6H2,(H,16,17). The van der Waals surface area contributed by atoms with Crippen molar-refractivity contribution in [3.05, 3.63) is 54.4 Å². The zero-order valence-electron chi connectivity index (χ0n) is 9.50. The maximum atomic E-state index is 12.1. The van der Waals surface area contributed by atoms with E-state index in [0.29, 0.717) is 11.3 Å². The molecule has 0 radical (unpaired) electrons. The van der Waals surface area contributed by atoms with Crippen LogP contribution in [0.1, 0.15) is 16.1 Å². The van der Waals surface area contributed by atoms with Gasteiger partial charge in [0.05, 0.1) is 29.5 Å². The van der Waals surface area contributed by atoms with Crippen molar-refractivity contribution in [3.8, 4) is 0 Å². The lowest BCUT2D eigenvalue weighted by Crippen LogP contribution is -2.05. The SMILES string of the molecule is O=C(Cc1cnccn1)c1ccc2nc[nH]c2c1. The van der Waals surface area contributed by atoms with Crippen LogP contribution in [0.25, 0.3) is 11.0 Å². The van der Waals surface area contributed by atoms with Gasteiger partial charge in [0.2, 0.25) is 0 Å². The van der Waals surface area contributed by atoms with E-state index in [1.165, 1.54) is 0 Å². The molecule has 0 unspecified atom stereocenters. The minimum Gasteiger partial charge on any atom is -0.345 e. The maximum Gasteiger partial charge on any atom is 0.168 e. The monoisotopic (exact) mass is 238 g/mol. The molecule has 0 saturated heterocycles. The lowest BCUT2D eigenvalue weighted by Gasteiger charge is -2.00. The summed E-state index contributed by atoms with van der Waals surface area (Å²) in [6, 6.07) is 5.42. The highest BCUT2D eigenvalue weighted by Crippen LogP contribution is 2.13. The topological polar surface area (TPSA) is 71.5 Å². The van der Waals surface area contributed by atoms with Gasteiger partial charge in [-0.2, -0.15) is 0 Å². The molecule has 88 valence electrons. The molecule has 1 N–H and O–H groups in total. The van der Waals surface area contributed by atoms with Crippen molar-refractivity contribution < 1.29 is 4.79 Å². The number of H-pyrrole nitrogens is 1. The molecule has 0 amide bonds. The van der Waals surface area contributed by atoms with Crippen LogP contribution in [0.5, 0.6) is 0 Å². The molecule has 18 heavy (non-hydrogen) atoms. The Morgan fingerprint density at radius 1 is 1.22 bits per heavy atom. The number of nitrogens with zero attached hydrogens (tertiary/aromatic N) is 3. The Morgan fingerprint density at radius 2 is 2.17 bits per heavy atom. The summed E-state index contributed by atoms with van der Waals surface area (Å²) in [6.45, 7) is 0. The largest absolute Gasteiger partial charge is 0.345 e. The number of rotatable bonds is 3. The third-order valence-electron chi connectivity index (χ3n) is 2.70. The number of carbonyl (C=O) groups is 1. The second-order valence-electron chi connectivity index (χ2n) is 3.93. The van der Waals surface area contributed by atoms with E-state index >= 15 is 0 Å². The van der Waals surface area contributed by atoms with Crippen LogP contribution in [0.15, 0.2) is 43.1 Å². The molecule has 2 aromatic heterocycles. The van der Waals surface area contributed by atoms with E-state index in [4.69, 9.17) is 0 Å². The average molecular weight is 238 g/mol. The van der Waals surface area contributed by atoms with Crippen LogP contribution in [0.4, 0.5) is 0 Å². The first-order valence-electron chi connectivity index (χ1n) is 5.54. The molecule has 0 saturated carbocycles. The summed E-state index contributed by atoms with van der Waals surface area (Å²) >= 11 is 0. The minimum absolute atomic E-state index is 0.0204. The zero-order valence-corrected chi connectivity index (χ0v) is 9.50. The number of Topliss-reactive ketones (excluding diaryl/α,β-unsaturated/α-hetero) is 1. The Balaban J connectivity index is 1.87. The van der Waals surface area contributed by atoms with Crippen LogP contribution < -0.4 is 0 Å². The van der Waals surface area contributed by atoms with Gasteiger partial charge in [0, 0.05) is 24.2 Å². The number of hydrogen-bond donors (Lipinski definition) is 1. The predicted molar refractivity (Wildman–Crippen MR) is 66.2 cm³/mol. The summed E-state index contributed by atoms with van der Waals surface area (Å²) in [6.07, 6.45) is 6.65. The number of aromatic nitrogens is 4. The first-order chi connectivity index (χ1) is 8.83. The zero-order chi connectivity index (χ0) is 12.4. The number of ketones is 1. The van der Waals surface area contributed by atoms with E-state index < -0.39 is 0 Å². The molecule has 0 aliphatic carbocycles. The Bertz CT molecular complexity index is 690. The minimum atomic E-state index is 0.0204. The smallest absolute Gasteiger partial charge is 0.168 e. The first kappa shape index (κ1) is 10.6. The van der Waals surface area contributed by atoms with Crippen molar-refractivity contribution in [2.24, 2.45) is 0 Å². The summed E-state index contributed by atoms with van der Waals surface area (Å²) in [7, 11) is 0. The van der Waals surface area contributed by atoms with Gasteiger partial charge in [0.25, 0.3) is 0 Å². The number of hydrogen-bond acceptors (Lipinski definition) is 4.